The zero-order chi connectivity index (χ0) is 28.2. The summed E-state index contributed by atoms with van der Waals surface area (Å²) in [7, 11) is 2.73. The van der Waals surface area contributed by atoms with Crippen molar-refractivity contribution in [2.45, 2.75) is 25.9 Å². The quantitative estimate of drug-likeness (QED) is 0.425. The molecule has 1 fully saturated rings. The summed E-state index contributed by atoms with van der Waals surface area (Å²) in [5.74, 6) is -1.12. The third-order valence-electron chi connectivity index (χ3n) is 6.62. The number of pyridine rings is 2. The van der Waals surface area contributed by atoms with E-state index < -0.39 is 30.4 Å². The number of nitrogens with zero attached hydrogens (tertiary/aromatic N) is 4. The van der Waals surface area contributed by atoms with Crippen LogP contribution in [-0.2, 0) is 6.98 Å². The highest BCUT2D eigenvalue weighted by molar-refractivity contribution is 6.06. The van der Waals surface area contributed by atoms with Gasteiger partial charge in [-0.15, -0.1) is 0 Å². The normalized spacial score (nSPS) is 16.1. The molecule has 0 saturated carbocycles. The van der Waals surface area contributed by atoms with E-state index >= 15 is 4.39 Å². The van der Waals surface area contributed by atoms with Gasteiger partial charge in [0.25, 0.3) is 17.3 Å². The number of likely N-dealkylation sites (tertiary alicyclic amines) is 1. The maximum absolute atomic E-state index is 16.0. The van der Waals surface area contributed by atoms with Crippen LogP contribution in [0.1, 0.15) is 33.0 Å². The number of alkyl halides is 1. The lowest BCUT2D eigenvalue weighted by Crippen LogP contribution is -2.39. The Balaban J connectivity index is 1.78. The maximum atomic E-state index is 16.0. The molecule has 0 N–H and O–H groups in total. The highest BCUT2D eigenvalue weighted by Crippen LogP contribution is 2.32. The molecule has 1 aliphatic heterocycles. The van der Waals surface area contributed by atoms with E-state index in [9.17, 15) is 14.0 Å². The first-order chi connectivity index (χ1) is 18.5. The number of carbonyl (C=O) groups excluding carboxylic acids is 1. The Morgan fingerprint density at radius 1 is 1.17 bits per heavy atom. The number of ether oxygens (including phenoxy) is 2. The fourth-order valence-corrected chi connectivity index (χ4v) is 4.63. The molecular formula is C26H26F2N4O4. The number of piperidine rings is 1. The van der Waals surface area contributed by atoms with Crippen LogP contribution in [0.15, 0.2) is 35.3 Å². The zero-order valence-corrected chi connectivity index (χ0v) is 20.0. The van der Waals surface area contributed by atoms with Gasteiger partial charge in [0.2, 0.25) is 0 Å². The predicted octanol–water partition coefficient (Wildman–Crippen LogP) is 3.92. The second-order valence-electron chi connectivity index (χ2n) is 8.73. The van der Waals surface area contributed by atoms with Crippen LogP contribution in [0.2, 0.25) is 0 Å². The van der Waals surface area contributed by atoms with E-state index in [1.165, 1.54) is 49.6 Å². The SMILES string of the molecule is [2H]C([2H])([2H])n1c(C)cc2c(F)c(-n3cc(C(=O)N4CCC(F)CC4)c4cc(OC)c(OC)nc4c3=O)ccc21. The monoisotopic (exact) mass is 499 g/mol. The van der Waals surface area contributed by atoms with Gasteiger partial charge >= 0.3 is 0 Å². The predicted molar refractivity (Wildman–Crippen MR) is 132 cm³/mol. The molecule has 4 heterocycles. The summed E-state index contributed by atoms with van der Waals surface area (Å²) in [5, 5.41) is 0.179. The lowest BCUT2D eigenvalue weighted by Gasteiger charge is -2.29. The molecule has 0 spiro atoms. The van der Waals surface area contributed by atoms with Gasteiger partial charge in [-0.1, -0.05) is 0 Å². The van der Waals surface area contributed by atoms with Crippen LogP contribution in [0.5, 0.6) is 11.6 Å². The van der Waals surface area contributed by atoms with Crippen molar-refractivity contribution in [1.29, 1.82) is 0 Å². The van der Waals surface area contributed by atoms with Gasteiger partial charge in [0, 0.05) is 46.8 Å². The van der Waals surface area contributed by atoms with Gasteiger partial charge in [0.1, 0.15) is 11.7 Å². The maximum Gasteiger partial charge on any atom is 0.281 e. The number of methoxy groups -OCH3 is 2. The lowest BCUT2D eigenvalue weighted by molar-refractivity contribution is 0.0668. The summed E-state index contributed by atoms with van der Waals surface area (Å²) in [6.45, 7) is -0.618. The molecule has 1 aliphatic rings. The van der Waals surface area contributed by atoms with Crippen molar-refractivity contribution in [1.82, 2.24) is 19.0 Å². The standard InChI is InChI=1S/C26H26F2N4O4/c1-14-11-17-19(30(14)2)5-6-20(22(17)28)32-13-18(25(33)31-9-7-15(27)8-10-31)16-12-21(35-3)24(36-4)29-23(16)26(32)34/h5-6,11-13,15H,7-10H2,1-4H3/i2D3. The molecule has 0 atom stereocenters. The Bertz CT molecular complexity index is 1670. The number of aryl methyl sites for hydroxylation is 2. The second kappa shape index (κ2) is 8.92. The molecule has 3 aromatic heterocycles. The van der Waals surface area contributed by atoms with E-state index in [1.54, 1.807) is 6.92 Å². The lowest BCUT2D eigenvalue weighted by atomic mass is 10.1. The van der Waals surface area contributed by atoms with Crippen LogP contribution >= 0.6 is 0 Å². The van der Waals surface area contributed by atoms with Crippen molar-refractivity contribution < 1.29 is 27.2 Å². The molecule has 5 rings (SSSR count). The van der Waals surface area contributed by atoms with Gasteiger partial charge in [0.05, 0.1) is 31.0 Å². The molecule has 4 aromatic rings. The Morgan fingerprint density at radius 3 is 2.58 bits per heavy atom. The van der Waals surface area contributed by atoms with Crippen LogP contribution in [0.4, 0.5) is 8.78 Å². The number of hydrogen-bond acceptors (Lipinski definition) is 5. The van der Waals surface area contributed by atoms with E-state index in [0.29, 0.717) is 5.69 Å². The highest BCUT2D eigenvalue weighted by Gasteiger charge is 2.28. The van der Waals surface area contributed by atoms with Crippen molar-refractivity contribution in [2.75, 3.05) is 27.3 Å². The van der Waals surface area contributed by atoms with Gasteiger partial charge in [-0.25, -0.2) is 13.8 Å². The van der Waals surface area contributed by atoms with Crippen molar-refractivity contribution in [3.05, 3.63) is 57.9 Å². The number of benzene rings is 1. The smallest absolute Gasteiger partial charge is 0.281 e. The Morgan fingerprint density at radius 2 is 1.92 bits per heavy atom. The molecule has 1 amide bonds. The average Bonchev–Trinajstić information content (AvgIpc) is 3.26. The van der Waals surface area contributed by atoms with Gasteiger partial charge in [-0.3, -0.25) is 14.2 Å². The van der Waals surface area contributed by atoms with E-state index in [1.807, 2.05) is 0 Å². The summed E-state index contributed by atoms with van der Waals surface area (Å²) < 4.78 is 65.7. The number of fused-ring (bicyclic) bond motifs is 2. The second-order valence-corrected chi connectivity index (χ2v) is 8.73. The summed E-state index contributed by atoms with van der Waals surface area (Å²) in [6.07, 6.45) is 0.602. The van der Waals surface area contributed by atoms with E-state index in [-0.39, 0.29) is 70.6 Å². The Hall–Kier alpha value is -3.95. The summed E-state index contributed by atoms with van der Waals surface area (Å²) in [5.41, 5.74) is -0.573. The first kappa shape index (κ1) is 20.3. The molecule has 10 heteroatoms. The van der Waals surface area contributed by atoms with Gasteiger partial charge < -0.3 is 18.9 Å². The minimum Gasteiger partial charge on any atom is -0.491 e. The minimum atomic E-state index is -2.54. The number of rotatable bonds is 4. The number of halogens is 2. The van der Waals surface area contributed by atoms with Gasteiger partial charge in [-0.2, -0.15) is 0 Å². The number of amides is 1. The topological polar surface area (TPSA) is 78.6 Å². The first-order valence-corrected chi connectivity index (χ1v) is 11.4. The number of carbonyl (C=O) groups is 1. The van der Waals surface area contributed by atoms with E-state index in [0.717, 1.165) is 9.13 Å². The largest absolute Gasteiger partial charge is 0.491 e. The summed E-state index contributed by atoms with van der Waals surface area (Å²) >= 11 is 0. The van der Waals surface area contributed by atoms with Gasteiger partial charge in [-0.05, 0) is 44.0 Å². The molecule has 0 radical (unpaired) electrons. The van der Waals surface area contributed by atoms with Crippen LogP contribution in [0.25, 0.3) is 27.5 Å². The fourth-order valence-electron chi connectivity index (χ4n) is 4.63. The molecule has 188 valence electrons. The highest BCUT2D eigenvalue weighted by atomic mass is 19.1. The molecule has 0 aliphatic carbocycles. The minimum absolute atomic E-state index is 0.00204. The van der Waals surface area contributed by atoms with Crippen LogP contribution < -0.4 is 15.0 Å². The van der Waals surface area contributed by atoms with Crippen molar-refractivity contribution in [2.24, 2.45) is 6.98 Å². The molecule has 0 unspecified atom stereocenters. The zero-order valence-electron chi connectivity index (χ0n) is 23.0. The molecule has 36 heavy (non-hydrogen) atoms. The van der Waals surface area contributed by atoms with Crippen molar-refractivity contribution in [3.63, 3.8) is 0 Å². The molecule has 1 saturated heterocycles. The van der Waals surface area contributed by atoms with Crippen molar-refractivity contribution in [3.8, 4) is 17.3 Å². The molecule has 0 bridgehead atoms. The van der Waals surface area contributed by atoms with Crippen LogP contribution in [0.3, 0.4) is 0 Å². The Labute approximate surface area is 209 Å². The van der Waals surface area contributed by atoms with Crippen molar-refractivity contribution >= 4 is 27.7 Å². The van der Waals surface area contributed by atoms with E-state index in [4.69, 9.17) is 13.6 Å². The number of aromatic nitrogens is 3. The molecular weight excluding hydrogens is 470 g/mol. The van der Waals surface area contributed by atoms with E-state index in [2.05, 4.69) is 4.98 Å². The third kappa shape index (κ3) is 3.68. The Kier molecular flexibility index (Phi) is 5.02. The van der Waals surface area contributed by atoms with Gasteiger partial charge in [0.15, 0.2) is 11.6 Å². The average molecular weight is 500 g/mol. The third-order valence-corrected chi connectivity index (χ3v) is 6.62. The van der Waals surface area contributed by atoms with Crippen LogP contribution in [-0.4, -0.2) is 58.4 Å². The summed E-state index contributed by atoms with van der Waals surface area (Å²) in [6, 6.07) is 5.56. The molecule has 1 aromatic carbocycles. The molecule has 8 nitrogen and oxygen atoms in total. The van der Waals surface area contributed by atoms with Crippen LogP contribution in [0, 0.1) is 12.7 Å². The fraction of sp³-hybridized carbons (Fsp3) is 0.346. The number of hydrogen-bond donors (Lipinski definition) is 0. The first-order valence-electron chi connectivity index (χ1n) is 12.9. The summed E-state index contributed by atoms with van der Waals surface area (Å²) in [4.78, 5) is 33.1.